The van der Waals surface area contributed by atoms with Gasteiger partial charge in [0.15, 0.2) is 5.82 Å². The second-order valence-corrected chi connectivity index (χ2v) is 7.21. The first kappa shape index (κ1) is 16.3. The lowest BCUT2D eigenvalue weighted by Gasteiger charge is -2.21. The Hall–Kier alpha value is -3.21. The van der Waals surface area contributed by atoms with Crippen LogP contribution < -0.4 is 10.6 Å². The largest absolute Gasteiger partial charge is 0.366 e. The second-order valence-electron chi connectivity index (χ2n) is 7.21. The number of carbonyl (C=O) groups excluding carboxylic acids is 1. The van der Waals surface area contributed by atoms with Gasteiger partial charge in [0.2, 0.25) is 5.91 Å². The van der Waals surface area contributed by atoms with Gasteiger partial charge in [-0.3, -0.25) is 4.79 Å². The van der Waals surface area contributed by atoms with Gasteiger partial charge in [-0.2, -0.15) is 0 Å². The van der Waals surface area contributed by atoms with Crippen LogP contribution in [0.1, 0.15) is 29.8 Å². The Balaban J connectivity index is 1.67. The number of benzene rings is 2. The summed E-state index contributed by atoms with van der Waals surface area (Å²) in [5.41, 5.74) is 9.91. The Labute approximate surface area is 152 Å². The zero-order valence-corrected chi connectivity index (χ0v) is 14.8. The van der Waals surface area contributed by atoms with Crippen LogP contribution in [0.4, 0.5) is 11.5 Å². The monoisotopic (exact) mass is 344 g/mol. The number of anilines is 2. The van der Waals surface area contributed by atoms with E-state index >= 15 is 0 Å². The Kier molecular flexibility index (Phi) is 3.72. The summed E-state index contributed by atoms with van der Waals surface area (Å²) in [4.78, 5) is 13.6. The number of nitrogens with zero attached hydrogens (tertiary/aromatic N) is 3. The standard InChI is InChI=1S/C21H20N4O/c1-21(2)13-25(18-9-4-3-8-16(18)21)19-11-10-17(23-24-19)14-6-5-7-15(12-14)20(22)26/h3-12H,13H2,1-2H3,(H2,22,26). The third-order valence-corrected chi connectivity index (χ3v) is 4.85. The van der Waals surface area contributed by atoms with E-state index in [9.17, 15) is 4.79 Å². The highest BCUT2D eigenvalue weighted by Crippen LogP contribution is 2.43. The zero-order chi connectivity index (χ0) is 18.3. The lowest BCUT2D eigenvalue weighted by molar-refractivity contribution is 0.100. The van der Waals surface area contributed by atoms with Crippen molar-refractivity contribution in [3.63, 3.8) is 0 Å². The van der Waals surface area contributed by atoms with Gasteiger partial charge in [-0.25, -0.2) is 0 Å². The smallest absolute Gasteiger partial charge is 0.248 e. The highest BCUT2D eigenvalue weighted by atomic mass is 16.1. The van der Waals surface area contributed by atoms with Crippen LogP contribution in [-0.4, -0.2) is 22.6 Å². The van der Waals surface area contributed by atoms with Crippen molar-refractivity contribution >= 4 is 17.4 Å². The van der Waals surface area contributed by atoms with E-state index < -0.39 is 5.91 Å². The lowest BCUT2D eigenvalue weighted by Crippen LogP contribution is -2.25. The molecule has 130 valence electrons. The molecular weight excluding hydrogens is 324 g/mol. The SMILES string of the molecule is CC1(C)CN(c2ccc(-c3cccc(C(N)=O)c3)nn2)c2ccccc21. The summed E-state index contributed by atoms with van der Waals surface area (Å²) < 4.78 is 0. The van der Waals surface area contributed by atoms with Crippen molar-refractivity contribution in [2.75, 3.05) is 11.4 Å². The van der Waals surface area contributed by atoms with Crippen molar-refractivity contribution < 1.29 is 4.79 Å². The fourth-order valence-corrected chi connectivity index (χ4v) is 3.51. The number of hydrogen-bond donors (Lipinski definition) is 1. The second kappa shape index (κ2) is 5.95. The zero-order valence-electron chi connectivity index (χ0n) is 14.8. The average Bonchev–Trinajstić information content (AvgIpc) is 2.94. The van der Waals surface area contributed by atoms with Crippen LogP contribution >= 0.6 is 0 Å². The van der Waals surface area contributed by atoms with E-state index in [1.54, 1.807) is 18.2 Å². The molecule has 0 radical (unpaired) electrons. The number of para-hydroxylation sites is 1. The third kappa shape index (κ3) is 2.71. The van der Waals surface area contributed by atoms with Crippen LogP contribution in [0.5, 0.6) is 0 Å². The van der Waals surface area contributed by atoms with Crippen molar-refractivity contribution in [2.45, 2.75) is 19.3 Å². The molecule has 1 aliphatic heterocycles. The molecule has 4 rings (SSSR count). The molecule has 0 unspecified atom stereocenters. The minimum Gasteiger partial charge on any atom is -0.366 e. The molecule has 3 aromatic rings. The van der Waals surface area contributed by atoms with E-state index in [0.29, 0.717) is 11.3 Å². The molecule has 2 aromatic carbocycles. The molecule has 26 heavy (non-hydrogen) atoms. The normalized spacial score (nSPS) is 14.9. The molecule has 2 heterocycles. The molecule has 5 nitrogen and oxygen atoms in total. The summed E-state index contributed by atoms with van der Waals surface area (Å²) in [6.45, 7) is 5.34. The van der Waals surface area contributed by atoms with Gasteiger partial charge in [-0.1, -0.05) is 44.2 Å². The molecule has 1 aliphatic rings. The maximum Gasteiger partial charge on any atom is 0.248 e. The molecule has 0 saturated carbocycles. The van der Waals surface area contributed by atoms with Crippen LogP contribution in [0.15, 0.2) is 60.7 Å². The molecule has 1 amide bonds. The van der Waals surface area contributed by atoms with Crippen molar-refractivity contribution in [1.82, 2.24) is 10.2 Å². The third-order valence-electron chi connectivity index (χ3n) is 4.85. The van der Waals surface area contributed by atoms with Crippen molar-refractivity contribution in [3.05, 3.63) is 71.8 Å². The van der Waals surface area contributed by atoms with Crippen LogP contribution in [0.25, 0.3) is 11.3 Å². The number of primary amides is 1. The molecule has 2 N–H and O–H groups in total. The van der Waals surface area contributed by atoms with E-state index in [1.807, 2.05) is 24.3 Å². The topological polar surface area (TPSA) is 72.1 Å². The highest BCUT2D eigenvalue weighted by molar-refractivity contribution is 5.94. The van der Waals surface area contributed by atoms with Crippen LogP contribution in [0.2, 0.25) is 0 Å². The number of aromatic nitrogens is 2. The fourth-order valence-electron chi connectivity index (χ4n) is 3.51. The number of rotatable bonds is 3. The van der Waals surface area contributed by atoms with Gasteiger partial charge >= 0.3 is 0 Å². The lowest BCUT2D eigenvalue weighted by atomic mass is 9.87. The van der Waals surface area contributed by atoms with E-state index in [2.05, 4.69) is 47.1 Å². The molecular formula is C21H20N4O. The number of hydrogen-bond acceptors (Lipinski definition) is 4. The van der Waals surface area contributed by atoms with Crippen LogP contribution in [0, 0.1) is 0 Å². The summed E-state index contributed by atoms with van der Waals surface area (Å²) >= 11 is 0. The molecule has 0 fully saturated rings. The highest BCUT2D eigenvalue weighted by Gasteiger charge is 2.35. The average molecular weight is 344 g/mol. The number of nitrogens with two attached hydrogens (primary N) is 1. The Bertz CT molecular complexity index is 979. The van der Waals surface area contributed by atoms with Gasteiger partial charge in [0.05, 0.1) is 5.69 Å². The molecule has 0 saturated heterocycles. The molecule has 0 aliphatic carbocycles. The first-order chi connectivity index (χ1) is 12.5. The molecule has 0 atom stereocenters. The van der Waals surface area contributed by atoms with E-state index in [4.69, 9.17) is 5.73 Å². The first-order valence-corrected chi connectivity index (χ1v) is 8.57. The molecule has 5 heteroatoms. The van der Waals surface area contributed by atoms with Gasteiger partial charge in [0, 0.05) is 28.8 Å². The van der Waals surface area contributed by atoms with Gasteiger partial charge in [0.25, 0.3) is 0 Å². The maximum atomic E-state index is 11.4. The van der Waals surface area contributed by atoms with Crippen LogP contribution in [-0.2, 0) is 5.41 Å². The van der Waals surface area contributed by atoms with Crippen molar-refractivity contribution in [2.24, 2.45) is 5.73 Å². The van der Waals surface area contributed by atoms with E-state index in [0.717, 1.165) is 17.9 Å². The summed E-state index contributed by atoms with van der Waals surface area (Å²) in [6, 6.07) is 19.4. The number of amides is 1. The number of fused-ring (bicyclic) bond motifs is 1. The van der Waals surface area contributed by atoms with Crippen molar-refractivity contribution in [1.29, 1.82) is 0 Å². The molecule has 0 bridgehead atoms. The minimum absolute atomic E-state index is 0.0623. The van der Waals surface area contributed by atoms with E-state index in [1.165, 1.54) is 11.3 Å². The van der Waals surface area contributed by atoms with Crippen LogP contribution in [0.3, 0.4) is 0 Å². The first-order valence-electron chi connectivity index (χ1n) is 8.57. The number of carbonyl (C=O) groups is 1. The molecule has 1 aromatic heterocycles. The maximum absolute atomic E-state index is 11.4. The van der Waals surface area contributed by atoms with E-state index in [-0.39, 0.29) is 5.41 Å². The quantitative estimate of drug-likeness (QED) is 0.787. The summed E-state index contributed by atoms with van der Waals surface area (Å²) in [5.74, 6) is 0.366. The minimum atomic E-state index is -0.452. The Morgan fingerprint density at radius 2 is 1.85 bits per heavy atom. The predicted molar refractivity (Wildman–Crippen MR) is 102 cm³/mol. The van der Waals surface area contributed by atoms with Gasteiger partial charge in [-0.05, 0) is 35.9 Å². The summed E-state index contributed by atoms with van der Waals surface area (Å²) in [7, 11) is 0. The fraction of sp³-hybridized carbons (Fsp3) is 0.190. The van der Waals surface area contributed by atoms with Crippen molar-refractivity contribution in [3.8, 4) is 11.3 Å². The Morgan fingerprint density at radius 1 is 1.04 bits per heavy atom. The summed E-state index contributed by atoms with van der Waals surface area (Å²) in [5, 5.41) is 8.81. The summed E-state index contributed by atoms with van der Waals surface area (Å²) in [6.07, 6.45) is 0. The van der Waals surface area contributed by atoms with Gasteiger partial charge in [0.1, 0.15) is 0 Å². The van der Waals surface area contributed by atoms with Gasteiger partial charge < -0.3 is 10.6 Å². The molecule has 0 spiro atoms. The Morgan fingerprint density at radius 3 is 2.58 bits per heavy atom. The predicted octanol–water partition coefficient (Wildman–Crippen LogP) is 3.67. The van der Waals surface area contributed by atoms with Gasteiger partial charge in [-0.15, -0.1) is 10.2 Å².